The number of aromatic nitrogens is 2. The predicted octanol–water partition coefficient (Wildman–Crippen LogP) is 1.39. The van der Waals surface area contributed by atoms with Gasteiger partial charge in [0.25, 0.3) is 5.91 Å². The molecule has 6 heteroatoms. The normalized spacial score (nSPS) is 18.5. The van der Waals surface area contributed by atoms with Gasteiger partial charge in [0.2, 0.25) is 0 Å². The number of rotatable bonds is 2. The van der Waals surface area contributed by atoms with E-state index in [1.807, 2.05) is 0 Å². The van der Waals surface area contributed by atoms with Gasteiger partial charge in [-0.1, -0.05) is 0 Å². The smallest absolute Gasteiger partial charge is 0.271 e. The minimum absolute atomic E-state index is 0.0541. The Labute approximate surface area is 115 Å². The van der Waals surface area contributed by atoms with E-state index < -0.39 is 0 Å². The first-order valence-electron chi connectivity index (χ1n) is 6.49. The van der Waals surface area contributed by atoms with Gasteiger partial charge in [-0.2, -0.15) is 5.10 Å². The zero-order valence-electron chi connectivity index (χ0n) is 10.8. The average molecular weight is 274 g/mol. The van der Waals surface area contributed by atoms with Crippen molar-refractivity contribution in [3.63, 3.8) is 0 Å². The lowest BCUT2D eigenvalue weighted by Crippen LogP contribution is -2.32. The molecule has 0 radical (unpaired) electrons. The molecule has 1 atom stereocenters. The highest BCUT2D eigenvalue weighted by Crippen LogP contribution is 2.19. The molecule has 2 aromatic rings. The summed E-state index contributed by atoms with van der Waals surface area (Å²) < 4.78 is 12.9. The first-order chi connectivity index (χ1) is 9.63. The molecule has 0 unspecified atom stereocenters. The second-order valence-corrected chi connectivity index (χ2v) is 4.97. The molecule has 104 valence electrons. The van der Waals surface area contributed by atoms with E-state index in [0.717, 1.165) is 12.0 Å². The fourth-order valence-electron chi connectivity index (χ4n) is 2.34. The van der Waals surface area contributed by atoms with E-state index in [4.69, 9.17) is 5.73 Å². The van der Waals surface area contributed by atoms with Gasteiger partial charge in [-0.3, -0.25) is 9.89 Å². The summed E-state index contributed by atoms with van der Waals surface area (Å²) in [6, 6.07) is 7.73. The van der Waals surface area contributed by atoms with E-state index in [2.05, 4.69) is 10.2 Å². The molecule has 0 spiro atoms. The Morgan fingerprint density at radius 3 is 2.80 bits per heavy atom. The van der Waals surface area contributed by atoms with E-state index in [-0.39, 0.29) is 17.8 Å². The van der Waals surface area contributed by atoms with Crippen molar-refractivity contribution < 1.29 is 9.18 Å². The third kappa shape index (κ3) is 2.42. The lowest BCUT2D eigenvalue weighted by molar-refractivity contribution is 0.0785. The number of aromatic amines is 1. The maximum absolute atomic E-state index is 12.9. The zero-order valence-corrected chi connectivity index (χ0v) is 10.8. The molecular formula is C14H15FN4O. The summed E-state index contributed by atoms with van der Waals surface area (Å²) in [6.45, 7) is 1.24. The van der Waals surface area contributed by atoms with Crippen LogP contribution >= 0.6 is 0 Å². The number of H-pyrrole nitrogens is 1. The van der Waals surface area contributed by atoms with Crippen LogP contribution in [0.3, 0.4) is 0 Å². The third-order valence-electron chi connectivity index (χ3n) is 3.46. The molecule has 0 bridgehead atoms. The number of nitrogens with two attached hydrogens (primary N) is 1. The number of hydrogen-bond acceptors (Lipinski definition) is 3. The van der Waals surface area contributed by atoms with Crippen molar-refractivity contribution in [2.24, 2.45) is 5.73 Å². The maximum atomic E-state index is 12.9. The molecule has 1 saturated heterocycles. The SMILES string of the molecule is N[C@@H]1CCN(C(=O)c2cc(-c3ccc(F)cc3)n[nH]2)C1. The molecule has 3 N–H and O–H groups in total. The molecular weight excluding hydrogens is 259 g/mol. The first kappa shape index (κ1) is 12.8. The maximum Gasteiger partial charge on any atom is 0.271 e. The number of carbonyl (C=O) groups is 1. The number of amides is 1. The minimum atomic E-state index is -0.299. The lowest BCUT2D eigenvalue weighted by Gasteiger charge is -2.13. The number of hydrogen-bond donors (Lipinski definition) is 2. The Morgan fingerprint density at radius 1 is 1.40 bits per heavy atom. The Balaban J connectivity index is 1.79. The zero-order chi connectivity index (χ0) is 14.1. The Bertz CT molecular complexity index is 622. The van der Waals surface area contributed by atoms with Gasteiger partial charge in [-0.15, -0.1) is 0 Å². The van der Waals surface area contributed by atoms with Crippen molar-refractivity contribution in [3.8, 4) is 11.3 Å². The van der Waals surface area contributed by atoms with Crippen molar-refractivity contribution in [1.29, 1.82) is 0 Å². The lowest BCUT2D eigenvalue weighted by atomic mass is 10.1. The summed E-state index contributed by atoms with van der Waals surface area (Å²) >= 11 is 0. The van der Waals surface area contributed by atoms with Crippen LogP contribution in [0.1, 0.15) is 16.9 Å². The number of nitrogens with zero attached hydrogens (tertiary/aromatic N) is 2. The van der Waals surface area contributed by atoms with E-state index >= 15 is 0 Å². The van der Waals surface area contributed by atoms with Crippen LogP contribution in [0.2, 0.25) is 0 Å². The fraction of sp³-hybridized carbons (Fsp3) is 0.286. The minimum Gasteiger partial charge on any atom is -0.336 e. The molecule has 0 aliphatic carbocycles. The molecule has 1 amide bonds. The number of likely N-dealkylation sites (tertiary alicyclic amines) is 1. The molecule has 2 heterocycles. The second kappa shape index (κ2) is 5.05. The highest BCUT2D eigenvalue weighted by molar-refractivity contribution is 5.93. The molecule has 1 aromatic carbocycles. The predicted molar refractivity (Wildman–Crippen MR) is 72.5 cm³/mol. The summed E-state index contributed by atoms with van der Waals surface area (Å²) in [5, 5.41) is 6.84. The van der Waals surface area contributed by atoms with Gasteiger partial charge in [0.15, 0.2) is 0 Å². The van der Waals surface area contributed by atoms with Crippen LogP contribution < -0.4 is 5.73 Å². The second-order valence-electron chi connectivity index (χ2n) is 4.97. The first-order valence-corrected chi connectivity index (χ1v) is 6.49. The van der Waals surface area contributed by atoms with Crippen molar-refractivity contribution in [3.05, 3.63) is 41.8 Å². The quantitative estimate of drug-likeness (QED) is 0.869. The van der Waals surface area contributed by atoms with Gasteiger partial charge in [0, 0.05) is 24.7 Å². The highest BCUT2D eigenvalue weighted by atomic mass is 19.1. The van der Waals surface area contributed by atoms with Crippen LogP contribution in [0, 0.1) is 5.82 Å². The van der Waals surface area contributed by atoms with Crippen LogP contribution in [-0.2, 0) is 0 Å². The molecule has 1 aromatic heterocycles. The molecule has 3 rings (SSSR count). The van der Waals surface area contributed by atoms with Crippen LogP contribution in [0.25, 0.3) is 11.3 Å². The summed E-state index contributed by atoms with van der Waals surface area (Å²) in [5.74, 6) is -0.398. The molecule has 0 saturated carbocycles. The molecule has 1 aliphatic heterocycles. The van der Waals surface area contributed by atoms with Crippen molar-refractivity contribution >= 4 is 5.91 Å². The molecule has 5 nitrogen and oxygen atoms in total. The number of nitrogens with one attached hydrogen (secondary N) is 1. The van der Waals surface area contributed by atoms with E-state index in [1.165, 1.54) is 12.1 Å². The van der Waals surface area contributed by atoms with Gasteiger partial charge in [0.05, 0.1) is 5.69 Å². The summed E-state index contributed by atoms with van der Waals surface area (Å²) in [5.41, 5.74) is 7.61. The van der Waals surface area contributed by atoms with Gasteiger partial charge < -0.3 is 10.6 Å². The fourth-order valence-corrected chi connectivity index (χ4v) is 2.34. The number of benzene rings is 1. The van der Waals surface area contributed by atoms with Crippen LogP contribution in [0.4, 0.5) is 4.39 Å². The Hall–Kier alpha value is -2.21. The summed E-state index contributed by atoms with van der Waals surface area (Å²) in [6.07, 6.45) is 0.824. The van der Waals surface area contributed by atoms with Gasteiger partial charge in [-0.05, 0) is 36.8 Å². The van der Waals surface area contributed by atoms with E-state index in [9.17, 15) is 9.18 Å². The standard InChI is InChI=1S/C14H15FN4O/c15-10-3-1-9(2-4-10)12-7-13(18-17-12)14(20)19-6-5-11(16)8-19/h1-4,7,11H,5-6,8,16H2,(H,17,18)/t11-/m1/s1. The third-order valence-corrected chi connectivity index (χ3v) is 3.46. The molecule has 1 fully saturated rings. The summed E-state index contributed by atoms with van der Waals surface area (Å²) in [4.78, 5) is 13.9. The number of halogens is 1. The summed E-state index contributed by atoms with van der Waals surface area (Å²) in [7, 11) is 0. The van der Waals surface area contributed by atoms with Crippen LogP contribution in [-0.4, -0.2) is 40.1 Å². The topological polar surface area (TPSA) is 75.0 Å². The van der Waals surface area contributed by atoms with E-state index in [0.29, 0.717) is 24.5 Å². The Kier molecular flexibility index (Phi) is 3.23. The van der Waals surface area contributed by atoms with Gasteiger partial charge in [-0.25, -0.2) is 4.39 Å². The number of carbonyl (C=O) groups excluding carboxylic acids is 1. The van der Waals surface area contributed by atoms with Crippen molar-refractivity contribution in [2.45, 2.75) is 12.5 Å². The molecule has 1 aliphatic rings. The van der Waals surface area contributed by atoms with Crippen LogP contribution in [0.15, 0.2) is 30.3 Å². The monoisotopic (exact) mass is 274 g/mol. The van der Waals surface area contributed by atoms with Gasteiger partial charge >= 0.3 is 0 Å². The molecule has 20 heavy (non-hydrogen) atoms. The largest absolute Gasteiger partial charge is 0.336 e. The van der Waals surface area contributed by atoms with Crippen molar-refractivity contribution in [1.82, 2.24) is 15.1 Å². The average Bonchev–Trinajstić information content (AvgIpc) is 3.08. The van der Waals surface area contributed by atoms with Gasteiger partial charge in [0.1, 0.15) is 11.5 Å². The Morgan fingerprint density at radius 2 is 2.15 bits per heavy atom. The van der Waals surface area contributed by atoms with Crippen molar-refractivity contribution in [2.75, 3.05) is 13.1 Å². The highest BCUT2D eigenvalue weighted by Gasteiger charge is 2.25. The van der Waals surface area contributed by atoms with Crippen LogP contribution in [0.5, 0.6) is 0 Å². The van der Waals surface area contributed by atoms with E-state index in [1.54, 1.807) is 23.1 Å².